The predicted molar refractivity (Wildman–Crippen MR) is 83.1 cm³/mol. The molecule has 1 aliphatic heterocycles. The molecule has 0 bridgehead atoms. The van der Waals surface area contributed by atoms with E-state index < -0.39 is 0 Å². The van der Waals surface area contributed by atoms with Crippen molar-refractivity contribution in [2.75, 3.05) is 19.8 Å². The SMILES string of the molecule is Cc1n[nH]c(C)c1[C@H]1COCCN1Cc1ccc(C#N)cc1F. The molecule has 23 heavy (non-hydrogen) atoms. The minimum atomic E-state index is -0.338. The van der Waals surface area contributed by atoms with Gasteiger partial charge in [-0.25, -0.2) is 4.39 Å². The van der Waals surface area contributed by atoms with Crippen LogP contribution in [0.1, 0.15) is 34.1 Å². The molecule has 0 spiro atoms. The van der Waals surface area contributed by atoms with Crippen LogP contribution in [0.3, 0.4) is 0 Å². The number of hydrogen-bond donors (Lipinski definition) is 1. The molecular formula is C17H19FN4O. The maximum atomic E-state index is 14.2. The Morgan fingerprint density at radius 1 is 1.48 bits per heavy atom. The molecule has 0 saturated carbocycles. The van der Waals surface area contributed by atoms with Crippen molar-refractivity contribution >= 4 is 0 Å². The number of hydrogen-bond acceptors (Lipinski definition) is 4. The van der Waals surface area contributed by atoms with Crippen molar-refractivity contribution in [3.8, 4) is 6.07 Å². The molecule has 1 N–H and O–H groups in total. The third-order valence-corrected chi connectivity index (χ3v) is 4.31. The van der Waals surface area contributed by atoms with Gasteiger partial charge in [0.1, 0.15) is 5.82 Å². The fourth-order valence-corrected chi connectivity index (χ4v) is 3.11. The van der Waals surface area contributed by atoms with Crippen molar-refractivity contribution in [2.45, 2.75) is 26.4 Å². The molecule has 0 unspecified atom stereocenters. The van der Waals surface area contributed by atoms with E-state index >= 15 is 0 Å². The molecule has 1 aromatic carbocycles. The maximum absolute atomic E-state index is 14.2. The monoisotopic (exact) mass is 314 g/mol. The van der Waals surface area contributed by atoms with Crippen LogP contribution in [-0.4, -0.2) is 34.9 Å². The Labute approximate surface area is 134 Å². The van der Waals surface area contributed by atoms with Gasteiger partial charge < -0.3 is 4.74 Å². The Hall–Kier alpha value is -2.23. The van der Waals surface area contributed by atoms with Crippen molar-refractivity contribution in [3.05, 3.63) is 52.1 Å². The van der Waals surface area contributed by atoms with Crippen molar-refractivity contribution in [1.82, 2.24) is 15.1 Å². The van der Waals surface area contributed by atoms with Gasteiger partial charge in [0.15, 0.2) is 0 Å². The highest BCUT2D eigenvalue weighted by Crippen LogP contribution is 2.30. The van der Waals surface area contributed by atoms with Crippen molar-refractivity contribution in [1.29, 1.82) is 5.26 Å². The lowest BCUT2D eigenvalue weighted by atomic mass is 10.0. The summed E-state index contributed by atoms with van der Waals surface area (Å²) in [5, 5.41) is 16.1. The van der Waals surface area contributed by atoms with E-state index in [-0.39, 0.29) is 11.9 Å². The van der Waals surface area contributed by atoms with E-state index in [1.54, 1.807) is 12.1 Å². The van der Waals surface area contributed by atoms with E-state index in [2.05, 4.69) is 15.1 Å². The highest BCUT2D eigenvalue weighted by atomic mass is 19.1. The summed E-state index contributed by atoms with van der Waals surface area (Å²) in [5.74, 6) is -0.338. The quantitative estimate of drug-likeness (QED) is 0.946. The van der Waals surface area contributed by atoms with Crippen LogP contribution >= 0.6 is 0 Å². The molecule has 120 valence electrons. The van der Waals surface area contributed by atoms with Gasteiger partial charge in [0.05, 0.1) is 36.6 Å². The molecule has 0 amide bonds. The fraction of sp³-hybridized carbons (Fsp3) is 0.412. The summed E-state index contributed by atoms with van der Waals surface area (Å²) in [6.07, 6.45) is 0. The maximum Gasteiger partial charge on any atom is 0.129 e. The van der Waals surface area contributed by atoms with E-state index in [9.17, 15) is 4.39 Å². The Balaban J connectivity index is 1.87. The Bertz CT molecular complexity index is 730. The molecular weight excluding hydrogens is 295 g/mol. The highest BCUT2D eigenvalue weighted by Gasteiger charge is 2.29. The third kappa shape index (κ3) is 3.11. The lowest BCUT2D eigenvalue weighted by molar-refractivity contribution is -0.0135. The minimum Gasteiger partial charge on any atom is -0.378 e. The van der Waals surface area contributed by atoms with Gasteiger partial charge in [0.25, 0.3) is 0 Å². The number of aryl methyl sites for hydroxylation is 2. The average Bonchev–Trinajstić information content (AvgIpc) is 2.89. The van der Waals surface area contributed by atoms with E-state index in [0.29, 0.717) is 30.9 Å². The first-order valence-corrected chi connectivity index (χ1v) is 7.62. The van der Waals surface area contributed by atoms with Crippen LogP contribution in [-0.2, 0) is 11.3 Å². The summed E-state index contributed by atoms with van der Waals surface area (Å²) in [4.78, 5) is 2.21. The smallest absolute Gasteiger partial charge is 0.129 e. The van der Waals surface area contributed by atoms with Gasteiger partial charge in [0.2, 0.25) is 0 Å². The number of ether oxygens (including phenoxy) is 1. The molecule has 0 radical (unpaired) electrons. The van der Waals surface area contributed by atoms with Crippen molar-refractivity contribution < 1.29 is 9.13 Å². The number of aromatic nitrogens is 2. The lowest BCUT2D eigenvalue weighted by Crippen LogP contribution is -2.39. The predicted octanol–water partition coefficient (Wildman–Crippen LogP) is 2.61. The van der Waals surface area contributed by atoms with Gasteiger partial charge in [-0.1, -0.05) is 6.07 Å². The zero-order valence-electron chi connectivity index (χ0n) is 13.3. The molecule has 0 aliphatic carbocycles. The normalized spacial score (nSPS) is 18.8. The number of H-pyrrole nitrogens is 1. The zero-order chi connectivity index (χ0) is 16.4. The van der Waals surface area contributed by atoms with Crippen LogP contribution in [0.25, 0.3) is 0 Å². The van der Waals surface area contributed by atoms with E-state index in [1.165, 1.54) is 6.07 Å². The molecule has 5 nitrogen and oxygen atoms in total. The number of halogens is 1. The van der Waals surface area contributed by atoms with Crippen molar-refractivity contribution in [2.24, 2.45) is 0 Å². The molecule has 6 heteroatoms. The number of nitrogens with one attached hydrogen (secondary N) is 1. The second-order valence-corrected chi connectivity index (χ2v) is 5.83. The molecule has 1 atom stereocenters. The average molecular weight is 314 g/mol. The van der Waals surface area contributed by atoms with Crippen LogP contribution in [0.15, 0.2) is 18.2 Å². The number of nitrogens with zero attached hydrogens (tertiary/aromatic N) is 3. The molecule has 2 heterocycles. The number of nitriles is 1. The summed E-state index contributed by atoms with van der Waals surface area (Å²) in [6, 6.07) is 6.65. The van der Waals surface area contributed by atoms with Crippen LogP contribution in [0.2, 0.25) is 0 Å². The van der Waals surface area contributed by atoms with Gasteiger partial charge in [-0.15, -0.1) is 0 Å². The summed E-state index contributed by atoms with van der Waals surface area (Å²) in [6.45, 7) is 6.37. The Morgan fingerprint density at radius 2 is 2.30 bits per heavy atom. The van der Waals surface area contributed by atoms with Gasteiger partial charge in [-0.3, -0.25) is 10.00 Å². The summed E-state index contributed by atoms with van der Waals surface area (Å²) in [5.41, 5.74) is 4.02. The van der Waals surface area contributed by atoms with E-state index in [4.69, 9.17) is 10.00 Å². The van der Waals surface area contributed by atoms with Crippen LogP contribution < -0.4 is 0 Å². The summed E-state index contributed by atoms with van der Waals surface area (Å²) < 4.78 is 19.8. The van der Waals surface area contributed by atoms with Gasteiger partial charge in [0, 0.05) is 29.9 Å². The molecule has 1 saturated heterocycles. The largest absolute Gasteiger partial charge is 0.378 e. The van der Waals surface area contributed by atoms with Crippen LogP contribution in [0.5, 0.6) is 0 Å². The molecule has 2 aromatic rings. The Kier molecular flexibility index (Phi) is 4.42. The van der Waals surface area contributed by atoms with E-state index in [1.807, 2.05) is 19.9 Å². The molecule has 1 aromatic heterocycles. The topological polar surface area (TPSA) is 64.9 Å². The van der Waals surface area contributed by atoms with Gasteiger partial charge in [-0.2, -0.15) is 10.4 Å². The number of morpholine rings is 1. The zero-order valence-corrected chi connectivity index (χ0v) is 13.3. The fourth-order valence-electron chi connectivity index (χ4n) is 3.11. The molecule has 3 rings (SSSR count). The first-order chi connectivity index (χ1) is 11.1. The molecule has 1 aliphatic rings. The van der Waals surface area contributed by atoms with Crippen LogP contribution in [0.4, 0.5) is 4.39 Å². The standard InChI is InChI=1S/C17H19FN4O/c1-11-17(12(2)21-20-11)16-10-23-6-5-22(16)9-14-4-3-13(8-19)7-15(14)18/h3-4,7,16H,5-6,9-10H2,1-2H3,(H,20,21)/t16-/m1/s1. The summed E-state index contributed by atoms with van der Waals surface area (Å²) >= 11 is 0. The first kappa shape index (κ1) is 15.7. The number of benzene rings is 1. The van der Waals surface area contributed by atoms with E-state index in [0.717, 1.165) is 23.5 Å². The first-order valence-electron chi connectivity index (χ1n) is 7.62. The van der Waals surface area contributed by atoms with Crippen LogP contribution in [0, 0.1) is 31.0 Å². The summed E-state index contributed by atoms with van der Waals surface area (Å²) in [7, 11) is 0. The highest BCUT2D eigenvalue weighted by molar-refractivity contribution is 5.33. The lowest BCUT2D eigenvalue weighted by Gasteiger charge is -2.36. The minimum absolute atomic E-state index is 0.0533. The molecule has 1 fully saturated rings. The van der Waals surface area contributed by atoms with Gasteiger partial charge >= 0.3 is 0 Å². The second-order valence-electron chi connectivity index (χ2n) is 5.83. The van der Waals surface area contributed by atoms with Gasteiger partial charge in [-0.05, 0) is 26.0 Å². The van der Waals surface area contributed by atoms with Crippen molar-refractivity contribution in [3.63, 3.8) is 0 Å². The second kappa shape index (κ2) is 6.49. The third-order valence-electron chi connectivity index (χ3n) is 4.31. The number of rotatable bonds is 3. The number of aromatic amines is 1. The Morgan fingerprint density at radius 3 is 2.96 bits per heavy atom.